The van der Waals surface area contributed by atoms with Gasteiger partial charge in [0.15, 0.2) is 0 Å². The molecule has 2 N–H and O–H groups in total. The maximum absolute atomic E-state index is 6.24. The number of ether oxygens (including phenoxy) is 2. The summed E-state index contributed by atoms with van der Waals surface area (Å²) in [5, 5.41) is 0. The largest absolute Gasteiger partial charge is 0.376 e. The summed E-state index contributed by atoms with van der Waals surface area (Å²) in [4.78, 5) is 0. The summed E-state index contributed by atoms with van der Waals surface area (Å²) in [7, 11) is 0. The van der Waals surface area contributed by atoms with Crippen LogP contribution >= 0.6 is 0 Å². The molecular weight excluding hydrogens is 250 g/mol. The molecule has 1 aromatic rings. The lowest BCUT2D eigenvalue weighted by molar-refractivity contribution is -0.103. The van der Waals surface area contributed by atoms with Crippen LogP contribution in [0, 0.1) is 13.8 Å². The third-order valence-electron chi connectivity index (χ3n) is 4.12. The van der Waals surface area contributed by atoms with Crippen molar-refractivity contribution in [1.82, 2.24) is 0 Å². The molecule has 1 saturated heterocycles. The van der Waals surface area contributed by atoms with Crippen molar-refractivity contribution in [2.45, 2.75) is 64.9 Å². The molecule has 2 rings (SSSR count). The lowest BCUT2D eigenvalue weighted by Crippen LogP contribution is -2.35. The van der Waals surface area contributed by atoms with Crippen molar-refractivity contribution >= 4 is 0 Å². The highest BCUT2D eigenvalue weighted by Crippen LogP contribution is 2.23. The van der Waals surface area contributed by atoms with Gasteiger partial charge in [0.05, 0.1) is 31.0 Å². The number of nitrogens with two attached hydrogens (primary N) is 1. The van der Waals surface area contributed by atoms with Crippen LogP contribution in [0.4, 0.5) is 0 Å². The van der Waals surface area contributed by atoms with Gasteiger partial charge in [-0.3, -0.25) is 0 Å². The molecule has 0 radical (unpaired) electrons. The Labute approximate surface area is 122 Å². The predicted molar refractivity (Wildman–Crippen MR) is 81.8 cm³/mol. The van der Waals surface area contributed by atoms with E-state index < -0.39 is 0 Å². The average molecular weight is 277 g/mol. The van der Waals surface area contributed by atoms with E-state index in [2.05, 4.69) is 45.9 Å². The monoisotopic (exact) mass is 277 g/mol. The van der Waals surface area contributed by atoms with Crippen LogP contribution in [-0.2, 0) is 9.47 Å². The molecule has 0 bridgehead atoms. The van der Waals surface area contributed by atoms with Crippen LogP contribution < -0.4 is 5.73 Å². The SMILES string of the molecule is Cc1ccc(C(N)COC2CC(C)OC(C)C2)cc1C. The van der Waals surface area contributed by atoms with Gasteiger partial charge >= 0.3 is 0 Å². The van der Waals surface area contributed by atoms with Gasteiger partial charge in [-0.15, -0.1) is 0 Å². The Morgan fingerprint density at radius 2 is 1.85 bits per heavy atom. The fourth-order valence-corrected chi connectivity index (χ4v) is 2.81. The van der Waals surface area contributed by atoms with Crippen LogP contribution in [0.1, 0.15) is 49.4 Å². The maximum Gasteiger partial charge on any atom is 0.0663 e. The summed E-state index contributed by atoms with van der Waals surface area (Å²) in [6.07, 6.45) is 2.75. The normalized spacial score (nSPS) is 28.4. The molecule has 3 nitrogen and oxygen atoms in total. The molecule has 0 amide bonds. The van der Waals surface area contributed by atoms with E-state index in [1.165, 1.54) is 11.1 Å². The zero-order valence-electron chi connectivity index (χ0n) is 13.1. The molecule has 20 heavy (non-hydrogen) atoms. The van der Waals surface area contributed by atoms with Crippen LogP contribution in [-0.4, -0.2) is 24.9 Å². The van der Waals surface area contributed by atoms with Crippen molar-refractivity contribution in [2.75, 3.05) is 6.61 Å². The van der Waals surface area contributed by atoms with Crippen LogP contribution in [0.5, 0.6) is 0 Å². The predicted octanol–water partition coefficient (Wildman–Crippen LogP) is 3.28. The first-order valence-corrected chi connectivity index (χ1v) is 7.55. The van der Waals surface area contributed by atoms with Gasteiger partial charge in [0.1, 0.15) is 0 Å². The van der Waals surface area contributed by atoms with E-state index in [0.29, 0.717) is 6.61 Å². The van der Waals surface area contributed by atoms with Crippen molar-refractivity contribution in [2.24, 2.45) is 5.73 Å². The fraction of sp³-hybridized carbons (Fsp3) is 0.647. The first-order valence-electron chi connectivity index (χ1n) is 7.55. The summed E-state index contributed by atoms with van der Waals surface area (Å²) in [5.74, 6) is 0. The number of aryl methyl sites for hydroxylation is 2. The lowest BCUT2D eigenvalue weighted by Gasteiger charge is -2.32. The Morgan fingerprint density at radius 3 is 2.45 bits per heavy atom. The molecule has 112 valence electrons. The number of hydrogen-bond donors (Lipinski definition) is 1. The summed E-state index contributed by atoms with van der Waals surface area (Å²) in [6, 6.07) is 6.34. The van der Waals surface area contributed by atoms with E-state index in [9.17, 15) is 0 Å². The second kappa shape index (κ2) is 6.70. The maximum atomic E-state index is 6.24. The molecule has 1 aliphatic rings. The van der Waals surface area contributed by atoms with E-state index in [-0.39, 0.29) is 24.4 Å². The highest BCUT2D eigenvalue weighted by atomic mass is 16.5. The molecule has 3 heteroatoms. The van der Waals surface area contributed by atoms with Gasteiger partial charge in [0.25, 0.3) is 0 Å². The summed E-state index contributed by atoms with van der Waals surface area (Å²) in [6.45, 7) is 9.03. The van der Waals surface area contributed by atoms with Crippen molar-refractivity contribution in [3.8, 4) is 0 Å². The summed E-state index contributed by atoms with van der Waals surface area (Å²) in [5.41, 5.74) is 9.98. The molecule has 0 saturated carbocycles. The quantitative estimate of drug-likeness (QED) is 0.918. The second-order valence-electron chi connectivity index (χ2n) is 6.13. The first-order chi connectivity index (χ1) is 9.45. The van der Waals surface area contributed by atoms with Crippen LogP contribution in [0.2, 0.25) is 0 Å². The van der Waals surface area contributed by atoms with Crippen molar-refractivity contribution in [3.05, 3.63) is 34.9 Å². The molecule has 0 aromatic heterocycles. The standard InChI is InChI=1S/C17H27NO2/c1-11-5-6-15(7-12(11)2)17(18)10-19-16-8-13(3)20-14(4)9-16/h5-7,13-14,16-17H,8-10,18H2,1-4H3. The summed E-state index contributed by atoms with van der Waals surface area (Å²) >= 11 is 0. The van der Waals surface area contributed by atoms with E-state index in [1.54, 1.807) is 0 Å². The molecule has 0 spiro atoms. The van der Waals surface area contributed by atoms with Gasteiger partial charge in [-0.25, -0.2) is 0 Å². The van der Waals surface area contributed by atoms with E-state index in [0.717, 1.165) is 18.4 Å². The number of hydrogen-bond acceptors (Lipinski definition) is 3. The topological polar surface area (TPSA) is 44.5 Å². The zero-order valence-corrected chi connectivity index (χ0v) is 13.1. The lowest BCUT2D eigenvalue weighted by atomic mass is 10.0. The fourth-order valence-electron chi connectivity index (χ4n) is 2.81. The molecule has 0 aliphatic carbocycles. The Kier molecular flexibility index (Phi) is 5.19. The second-order valence-corrected chi connectivity index (χ2v) is 6.13. The van der Waals surface area contributed by atoms with Gasteiger partial charge in [0.2, 0.25) is 0 Å². The van der Waals surface area contributed by atoms with Crippen molar-refractivity contribution in [3.63, 3.8) is 0 Å². The van der Waals surface area contributed by atoms with Gasteiger partial charge in [0, 0.05) is 0 Å². The minimum atomic E-state index is -0.0530. The van der Waals surface area contributed by atoms with Crippen molar-refractivity contribution in [1.29, 1.82) is 0 Å². The minimum Gasteiger partial charge on any atom is -0.376 e. The molecule has 1 fully saturated rings. The number of benzene rings is 1. The Balaban J connectivity index is 1.88. The Morgan fingerprint density at radius 1 is 1.20 bits per heavy atom. The summed E-state index contributed by atoms with van der Waals surface area (Å²) < 4.78 is 11.7. The van der Waals surface area contributed by atoms with Crippen LogP contribution in [0.3, 0.4) is 0 Å². The Hall–Kier alpha value is -0.900. The highest BCUT2D eigenvalue weighted by Gasteiger charge is 2.25. The van der Waals surface area contributed by atoms with E-state index in [1.807, 2.05) is 0 Å². The van der Waals surface area contributed by atoms with E-state index >= 15 is 0 Å². The third kappa shape index (κ3) is 4.05. The minimum absolute atomic E-state index is 0.0530. The highest BCUT2D eigenvalue weighted by molar-refractivity contribution is 5.31. The third-order valence-corrected chi connectivity index (χ3v) is 4.12. The average Bonchev–Trinajstić information content (AvgIpc) is 2.38. The smallest absolute Gasteiger partial charge is 0.0663 e. The number of rotatable bonds is 4. The molecule has 1 heterocycles. The molecular formula is C17H27NO2. The zero-order chi connectivity index (χ0) is 14.7. The van der Waals surface area contributed by atoms with Crippen LogP contribution in [0.15, 0.2) is 18.2 Å². The molecule has 1 aromatic carbocycles. The molecule has 3 unspecified atom stereocenters. The van der Waals surface area contributed by atoms with Gasteiger partial charge in [-0.2, -0.15) is 0 Å². The van der Waals surface area contributed by atoms with Gasteiger partial charge < -0.3 is 15.2 Å². The van der Waals surface area contributed by atoms with E-state index in [4.69, 9.17) is 15.2 Å². The van der Waals surface area contributed by atoms with Gasteiger partial charge in [-0.05, 0) is 57.2 Å². The van der Waals surface area contributed by atoms with Gasteiger partial charge in [-0.1, -0.05) is 18.2 Å². The molecule has 3 atom stereocenters. The first kappa shape index (κ1) is 15.5. The van der Waals surface area contributed by atoms with Crippen molar-refractivity contribution < 1.29 is 9.47 Å². The molecule has 1 aliphatic heterocycles. The van der Waals surface area contributed by atoms with Crippen LogP contribution in [0.25, 0.3) is 0 Å². The Bertz CT molecular complexity index is 437.